The van der Waals surface area contributed by atoms with Crippen LogP contribution in [0.1, 0.15) is 31.0 Å². The molecule has 1 aromatic carbocycles. The smallest absolute Gasteiger partial charge is 0.124 e. The van der Waals surface area contributed by atoms with Crippen LogP contribution in [0.2, 0.25) is 0 Å². The van der Waals surface area contributed by atoms with Crippen molar-refractivity contribution in [1.29, 1.82) is 0 Å². The van der Waals surface area contributed by atoms with Crippen molar-refractivity contribution in [2.45, 2.75) is 26.0 Å². The summed E-state index contributed by atoms with van der Waals surface area (Å²) in [6.07, 6.45) is 0.158. The van der Waals surface area contributed by atoms with E-state index in [-0.39, 0.29) is 12.1 Å². The van der Waals surface area contributed by atoms with E-state index in [9.17, 15) is 0 Å². The van der Waals surface area contributed by atoms with Crippen LogP contribution in [0.5, 0.6) is 5.75 Å². The number of benzene rings is 1. The molecule has 2 rings (SSSR count). The van der Waals surface area contributed by atoms with Gasteiger partial charge in [-0.05, 0) is 42.3 Å². The molecule has 0 radical (unpaired) electrons. The van der Waals surface area contributed by atoms with Crippen molar-refractivity contribution in [2.24, 2.45) is 5.73 Å². The standard InChI is InChI=1S/C14H17NOS/c1-10(2)16-13-6-4-3-5-12(13)14(15)11-7-8-17-9-11/h3-10,14H,15H2,1-2H3. The Balaban J connectivity index is 2.31. The fourth-order valence-corrected chi connectivity index (χ4v) is 2.43. The molecule has 17 heavy (non-hydrogen) atoms. The van der Waals surface area contributed by atoms with E-state index in [2.05, 4.69) is 11.4 Å². The van der Waals surface area contributed by atoms with Crippen LogP contribution in [0, 0.1) is 0 Å². The summed E-state index contributed by atoms with van der Waals surface area (Å²) in [5.41, 5.74) is 8.44. The van der Waals surface area contributed by atoms with E-state index in [0.717, 1.165) is 16.9 Å². The van der Waals surface area contributed by atoms with Crippen LogP contribution in [0.15, 0.2) is 41.1 Å². The van der Waals surface area contributed by atoms with E-state index < -0.39 is 0 Å². The molecule has 0 fully saturated rings. The maximum absolute atomic E-state index is 6.26. The van der Waals surface area contributed by atoms with Gasteiger partial charge in [0.2, 0.25) is 0 Å². The van der Waals surface area contributed by atoms with Crippen molar-refractivity contribution in [2.75, 3.05) is 0 Å². The summed E-state index contributed by atoms with van der Waals surface area (Å²) in [6.45, 7) is 4.04. The molecule has 0 aliphatic rings. The maximum atomic E-state index is 6.26. The van der Waals surface area contributed by atoms with Gasteiger partial charge in [-0.1, -0.05) is 18.2 Å². The van der Waals surface area contributed by atoms with E-state index in [1.165, 1.54) is 0 Å². The summed E-state index contributed by atoms with van der Waals surface area (Å²) in [5.74, 6) is 0.876. The van der Waals surface area contributed by atoms with Gasteiger partial charge in [-0.3, -0.25) is 0 Å². The Morgan fingerprint density at radius 1 is 1.18 bits per heavy atom. The summed E-state index contributed by atoms with van der Waals surface area (Å²) >= 11 is 1.66. The third-order valence-corrected chi connectivity index (χ3v) is 3.22. The van der Waals surface area contributed by atoms with Crippen LogP contribution in [-0.4, -0.2) is 6.10 Å². The molecule has 0 saturated carbocycles. The van der Waals surface area contributed by atoms with Crippen molar-refractivity contribution < 1.29 is 4.74 Å². The average molecular weight is 247 g/mol. The third-order valence-electron chi connectivity index (χ3n) is 2.52. The summed E-state index contributed by atoms with van der Waals surface area (Å²) in [6, 6.07) is 9.91. The highest BCUT2D eigenvalue weighted by Gasteiger charge is 2.14. The molecule has 0 bridgehead atoms. The Morgan fingerprint density at radius 2 is 1.94 bits per heavy atom. The maximum Gasteiger partial charge on any atom is 0.124 e. The minimum atomic E-state index is -0.115. The molecule has 0 spiro atoms. The van der Waals surface area contributed by atoms with Gasteiger partial charge in [0.05, 0.1) is 12.1 Å². The molecular formula is C14H17NOS. The second-order valence-electron chi connectivity index (χ2n) is 4.24. The van der Waals surface area contributed by atoms with Crippen molar-refractivity contribution in [3.05, 3.63) is 52.2 Å². The van der Waals surface area contributed by atoms with Crippen LogP contribution in [0.4, 0.5) is 0 Å². The molecule has 1 heterocycles. The molecule has 0 amide bonds. The summed E-state index contributed by atoms with van der Waals surface area (Å²) in [4.78, 5) is 0. The number of rotatable bonds is 4. The average Bonchev–Trinajstić information content (AvgIpc) is 2.81. The van der Waals surface area contributed by atoms with Gasteiger partial charge in [-0.25, -0.2) is 0 Å². The number of hydrogen-bond donors (Lipinski definition) is 1. The lowest BCUT2D eigenvalue weighted by Gasteiger charge is -2.18. The highest BCUT2D eigenvalue weighted by Crippen LogP contribution is 2.29. The Morgan fingerprint density at radius 3 is 2.59 bits per heavy atom. The highest BCUT2D eigenvalue weighted by atomic mass is 32.1. The Bertz CT molecular complexity index is 465. The quantitative estimate of drug-likeness (QED) is 0.896. The van der Waals surface area contributed by atoms with E-state index in [1.54, 1.807) is 11.3 Å². The lowest BCUT2D eigenvalue weighted by atomic mass is 10.0. The van der Waals surface area contributed by atoms with Gasteiger partial charge in [0, 0.05) is 5.56 Å². The number of thiophene rings is 1. The van der Waals surface area contributed by atoms with Crippen molar-refractivity contribution in [3.63, 3.8) is 0 Å². The number of ether oxygens (including phenoxy) is 1. The van der Waals surface area contributed by atoms with Crippen LogP contribution < -0.4 is 10.5 Å². The van der Waals surface area contributed by atoms with Gasteiger partial charge >= 0.3 is 0 Å². The topological polar surface area (TPSA) is 35.2 Å². The van der Waals surface area contributed by atoms with Gasteiger partial charge in [-0.2, -0.15) is 11.3 Å². The van der Waals surface area contributed by atoms with Gasteiger partial charge in [0.25, 0.3) is 0 Å². The third kappa shape index (κ3) is 2.87. The zero-order chi connectivity index (χ0) is 12.3. The van der Waals surface area contributed by atoms with Gasteiger partial charge in [-0.15, -0.1) is 0 Å². The molecule has 1 aromatic heterocycles. The molecule has 0 aliphatic carbocycles. The lowest BCUT2D eigenvalue weighted by molar-refractivity contribution is 0.239. The molecule has 0 aliphatic heterocycles. The van der Waals surface area contributed by atoms with Gasteiger partial charge in [0.1, 0.15) is 5.75 Å². The number of nitrogens with two attached hydrogens (primary N) is 1. The second kappa shape index (κ2) is 5.34. The minimum absolute atomic E-state index is 0.115. The first-order chi connectivity index (χ1) is 8.18. The SMILES string of the molecule is CC(C)Oc1ccccc1C(N)c1ccsc1. The summed E-state index contributed by atoms with van der Waals surface area (Å²) < 4.78 is 5.79. The molecule has 90 valence electrons. The predicted molar refractivity (Wildman–Crippen MR) is 72.6 cm³/mol. The molecule has 2 nitrogen and oxygen atoms in total. The summed E-state index contributed by atoms with van der Waals surface area (Å²) in [5, 5.41) is 4.12. The second-order valence-corrected chi connectivity index (χ2v) is 5.02. The molecule has 1 unspecified atom stereocenters. The number of hydrogen-bond acceptors (Lipinski definition) is 3. The molecule has 2 N–H and O–H groups in total. The number of para-hydroxylation sites is 1. The van der Waals surface area contributed by atoms with E-state index >= 15 is 0 Å². The normalized spacial score (nSPS) is 12.7. The van der Waals surface area contributed by atoms with Gasteiger partial charge in [0.15, 0.2) is 0 Å². The fourth-order valence-electron chi connectivity index (χ4n) is 1.73. The summed E-state index contributed by atoms with van der Waals surface area (Å²) in [7, 11) is 0. The van der Waals surface area contributed by atoms with Crippen LogP contribution in [0.3, 0.4) is 0 Å². The Labute approximate surface area is 106 Å². The van der Waals surface area contributed by atoms with E-state index in [0.29, 0.717) is 0 Å². The fraction of sp³-hybridized carbons (Fsp3) is 0.286. The minimum Gasteiger partial charge on any atom is -0.491 e. The molecular weight excluding hydrogens is 230 g/mol. The zero-order valence-electron chi connectivity index (χ0n) is 10.1. The zero-order valence-corrected chi connectivity index (χ0v) is 10.9. The molecule has 1 atom stereocenters. The van der Waals surface area contributed by atoms with Crippen LogP contribution in [0.25, 0.3) is 0 Å². The first-order valence-corrected chi connectivity index (χ1v) is 6.66. The monoisotopic (exact) mass is 247 g/mol. The van der Waals surface area contributed by atoms with E-state index in [1.807, 2.05) is 43.5 Å². The largest absolute Gasteiger partial charge is 0.491 e. The molecule has 3 heteroatoms. The van der Waals surface area contributed by atoms with Gasteiger partial charge < -0.3 is 10.5 Å². The molecule has 0 saturated heterocycles. The van der Waals surface area contributed by atoms with Crippen LogP contribution in [-0.2, 0) is 0 Å². The highest BCUT2D eigenvalue weighted by molar-refractivity contribution is 7.08. The Kier molecular flexibility index (Phi) is 3.82. The van der Waals surface area contributed by atoms with Crippen molar-refractivity contribution >= 4 is 11.3 Å². The first-order valence-electron chi connectivity index (χ1n) is 5.71. The van der Waals surface area contributed by atoms with E-state index in [4.69, 9.17) is 10.5 Å². The Hall–Kier alpha value is -1.32. The van der Waals surface area contributed by atoms with Crippen molar-refractivity contribution in [3.8, 4) is 5.75 Å². The predicted octanol–water partition coefficient (Wildman–Crippen LogP) is 3.58. The lowest BCUT2D eigenvalue weighted by Crippen LogP contribution is -2.14. The van der Waals surface area contributed by atoms with Crippen molar-refractivity contribution in [1.82, 2.24) is 0 Å². The van der Waals surface area contributed by atoms with Crippen LogP contribution >= 0.6 is 11.3 Å². The first kappa shape index (κ1) is 12.1. The molecule has 2 aromatic rings.